The molecule has 0 aliphatic carbocycles. The molecule has 0 spiro atoms. The summed E-state index contributed by atoms with van der Waals surface area (Å²) in [6.45, 7) is 1.57. The van der Waals surface area contributed by atoms with Crippen LogP contribution in [0.2, 0.25) is 0 Å². The van der Waals surface area contributed by atoms with E-state index in [0.717, 1.165) is 38.6 Å². The van der Waals surface area contributed by atoms with Gasteiger partial charge in [-0.15, -0.1) is 0 Å². The summed E-state index contributed by atoms with van der Waals surface area (Å²) in [6.07, 6.45) is 4.25. The summed E-state index contributed by atoms with van der Waals surface area (Å²) >= 11 is 0. The average molecular weight is 325 g/mol. The van der Waals surface area contributed by atoms with Crippen molar-refractivity contribution < 1.29 is 18.0 Å². The minimum Gasteiger partial charge on any atom is -0.370 e. The van der Waals surface area contributed by atoms with Crippen LogP contribution in [0, 0.1) is 0 Å². The number of anilines is 1. The highest BCUT2D eigenvalue weighted by molar-refractivity contribution is 7.90. The molecule has 0 aromatic heterocycles. The molecule has 8 heteroatoms. The van der Waals surface area contributed by atoms with E-state index in [0.29, 0.717) is 5.69 Å². The van der Waals surface area contributed by atoms with Crippen molar-refractivity contribution in [1.29, 1.82) is 0 Å². The number of urea groups is 1. The van der Waals surface area contributed by atoms with Crippen molar-refractivity contribution in [1.82, 2.24) is 5.32 Å². The van der Waals surface area contributed by atoms with E-state index in [4.69, 9.17) is 5.73 Å². The van der Waals surface area contributed by atoms with Crippen LogP contribution in [0.3, 0.4) is 0 Å². The Bertz CT molecular complexity index is 694. The predicted octanol–water partition coefficient (Wildman–Crippen LogP) is 0.889. The molecule has 3 amide bonds. The van der Waals surface area contributed by atoms with Gasteiger partial charge in [0.15, 0.2) is 9.84 Å². The molecule has 1 aromatic carbocycles. The van der Waals surface area contributed by atoms with E-state index in [1.165, 1.54) is 12.1 Å². The summed E-state index contributed by atoms with van der Waals surface area (Å²) in [5.41, 5.74) is 5.58. The van der Waals surface area contributed by atoms with E-state index in [9.17, 15) is 18.0 Å². The number of hydrogen-bond acceptors (Lipinski definition) is 5. The van der Waals surface area contributed by atoms with Crippen LogP contribution in [-0.2, 0) is 9.84 Å². The molecule has 2 rings (SSSR count). The second-order valence-electron chi connectivity index (χ2n) is 5.32. The molecule has 0 bridgehead atoms. The molecule has 120 valence electrons. The van der Waals surface area contributed by atoms with Gasteiger partial charge in [-0.05, 0) is 37.5 Å². The van der Waals surface area contributed by atoms with Crippen LogP contribution >= 0.6 is 0 Å². The maximum Gasteiger partial charge on any atom is 0.319 e. The van der Waals surface area contributed by atoms with Gasteiger partial charge in [0.05, 0.1) is 10.6 Å². The number of piperidine rings is 1. The number of nitrogens with zero attached hydrogens (tertiary/aromatic N) is 1. The van der Waals surface area contributed by atoms with Gasteiger partial charge < -0.3 is 10.6 Å². The number of imide groups is 1. The van der Waals surface area contributed by atoms with E-state index in [1.54, 1.807) is 6.07 Å². The minimum atomic E-state index is -3.51. The Hall–Kier alpha value is -2.09. The van der Waals surface area contributed by atoms with E-state index in [-0.39, 0.29) is 10.5 Å². The zero-order valence-corrected chi connectivity index (χ0v) is 13.1. The summed E-state index contributed by atoms with van der Waals surface area (Å²) in [5, 5.41) is 1.93. The van der Waals surface area contributed by atoms with Gasteiger partial charge in [0.25, 0.3) is 5.91 Å². The number of primary amides is 1. The molecule has 1 aliphatic rings. The zero-order valence-electron chi connectivity index (χ0n) is 12.3. The third-order valence-corrected chi connectivity index (χ3v) is 4.68. The molecular formula is C14H19N3O4S. The standard InChI is InChI=1S/C14H19N3O4S/c1-22(20,21)12-9-10(13(18)16-14(15)19)5-6-11(12)17-7-3-2-4-8-17/h5-6,9H,2-4,7-8H2,1H3,(H3,15,16,18,19). The molecule has 7 nitrogen and oxygen atoms in total. The van der Waals surface area contributed by atoms with Crippen LogP contribution in [-0.4, -0.2) is 39.7 Å². The van der Waals surface area contributed by atoms with Gasteiger partial charge in [-0.3, -0.25) is 10.1 Å². The second kappa shape index (κ2) is 6.35. The fourth-order valence-electron chi connectivity index (χ4n) is 2.53. The lowest BCUT2D eigenvalue weighted by atomic mass is 10.1. The van der Waals surface area contributed by atoms with Crippen molar-refractivity contribution in [3.05, 3.63) is 23.8 Å². The Morgan fingerprint density at radius 1 is 1.18 bits per heavy atom. The van der Waals surface area contributed by atoms with E-state index < -0.39 is 21.8 Å². The first-order valence-electron chi connectivity index (χ1n) is 6.99. The van der Waals surface area contributed by atoms with Crippen LogP contribution in [0.25, 0.3) is 0 Å². The first-order chi connectivity index (χ1) is 10.3. The van der Waals surface area contributed by atoms with Crippen LogP contribution in [0.5, 0.6) is 0 Å². The van der Waals surface area contributed by atoms with Crippen molar-refractivity contribution >= 4 is 27.5 Å². The number of nitrogens with two attached hydrogens (primary N) is 1. The van der Waals surface area contributed by atoms with Crippen molar-refractivity contribution in [3.63, 3.8) is 0 Å². The van der Waals surface area contributed by atoms with Crippen molar-refractivity contribution in [2.75, 3.05) is 24.2 Å². The third kappa shape index (κ3) is 3.76. The highest BCUT2D eigenvalue weighted by atomic mass is 32.2. The van der Waals surface area contributed by atoms with Crippen molar-refractivity contribution in [3.8, 4) is 0 Å². The lowest BCUT2D eigenvalue weighted by molar-refractivity contribution is 0.0966. The van der Waals surface area contributed by atoms with E-state index >= 15 is 0 Å². The molecule has 3 N–H and O–H groups in total. The minimum absolute atomic E-state index is 0.0833. The monoisotopic (exact) mass is 325 g/mol. The molecule has 22 heavy (non-hydrogen) atoms. The molecule has 1 fully saturated rings. The first kappa shape index (κ1) is 16.3. The number of carbonyl (C=O) groups is 2. The topological polar surface area (TPSA) is 110 Å². The molecule has 0 unspecified atom stereocenters. The summed E-state index contributed by atoms with van der Waals surface area (Å²) in [7, 11) is -3.51. The van der Waals surface area contributed by atoms with Crippen molar-refractivity contribution in [2.45, 2.75) is 24.2 Å². The molecule has 0 atom stereocenters. The Balaban J connectivity index is 2.43. The smallest absolute Gasteiger partial charge is 0.319 e. The van der Waals surface area contributed by atoms with Crippen LogP contribution in [0.1, 0.15) is 29.6 Å². The van der Waals surface area contributed by atoms with Gasteiger partial charge in [0, 0.05) is 24.9 Å². The molecule has 1 heterocycles. The molecule has 1 aromatic rings. The molecule has 1 saturated heterocycles. The Labute approximate surface area is 129 Å². The first-order valence-corrected chi connectivity index (χ1v) is 8.88. The third-order valence-electron chi connectivity index (χ3n) is 3.55. The molecule has 0 radical (unpaired) electrons. The van der Waals surface area contributed by atoms with Gasteiger partial charge in [-0.25, -0.2) is 13.2 Å². The Morgan fingerprint density at radius 3 is 2.36 bits per heavy atom. The Kier molecular flexibility index (Phi) is 4.70. The largest absolute Gasteiger partial charge is 0.370 e. The average Bonchev–Trinajstić information content (AvgIpc) is 2.46. The summed E-state index contributed by atoms with van der Waals surface area (Å²) in [4.78, 5) is 24.6. The highest BCUT2D eigenvalue weighted by Gasteiger charge is 2.22. The van der Waals surface area contributed by atoms with Gasteiger partial charge in [0.2, 0.25) is 0 Å². The van der Waals surface area contributed by atoms with Gasteiger partial charge in [0.1, 0.15) is 0 Å². The van der Waals surface area contributed by atoms with E-state index in [1.807, 2.05) is 10.2 Å². The van der Waals surface area contributed by atoms with Gasteiger partial charge >= 0.3 is 6.03 Å². The SMILES string of the molecule is CS(=O)(=O)c1cc(C(=O)NC(N)=O)ccc1N1CCCCC1. The van der Waals surface area contributed by atoms with E-state index in [2.05, 4.69) is 0 Å². The highest BCUT2D eigenvalue weighted by Crippen LogP contribution is 2.29. The molecule has 0 saturated carbocycles. The zero-order chi connectivity index (χ0) is 16.3. The number of carbonyl (C=O) groups excluding carboxylic acids is 2. The lowest BCUT2D eigenvalue weighted by Gasteiger charge is -2.30. The fraction of sp³-hybridized carbons (Fsp3) is 0.429. The Morgan fingerprint density at radius 2 is 1.82 bits per heavy atom. The number of benzene rings is 1. The summed E-state index contributed by atoms with van der Waals surface area (Å²) < 4.78 is 24.1. The fourth-order valence-corrected chi connectivity index (χ4v) is 3.45. The van der Waals surface area contributed by atoms with Gasteiger partial charge in [-0.1, -0.05) is 0 Å². The quantitative estimate of drug-likeness (QED) is 0.857. The van der Waals surface area contributed by atoms with Crippen LogP contribution in [0.15, 0.2) is 23.1 Å². The number of hydrogen-bond donors (Lipinski definition) is 2. The number of nitrogens with one attached hydrogen (secondary N) is 1. The van der Waals surface area contributed by atoms with Crippen LogP contribution < -0.4 is 16.0 Å². The molecule has 1 aliphatic heterocycles. The molecular weight excluding hydrogens is 306 g/mol. The maximum atomic E-state index is 12.0. The predicted molar refractivity (Wildman–Crippen MR) is 82.7 cm³/mol. The van der Waals surface area contributed by atoms with Gasteiger partial charge in [-0.2, -0.15) is 0 Å². The number of sulfone groups is 1. The normalized spacial score (nSPS) is 15.4. The number of amides is 3. The summed E-state index contributed by atoms with van der Waals surface area (Å²) in [6, 6.07) is 3.41. The summed E-state index contributed by atoms with van der Waals surface area (Å²) in [5.74, 6) is -0.720. The van der Waals surface area contributed by atoms with Crippen molar-refractivity contribution in [2.24, 2.45) is 5.73 Å². The lowest BCUT2D eigenvalue weighted by Crippen LogP contribution is -2.35. The van der Waals surface area contributed by atoms with Crippen LogP contribution in [0.4, 0.5) is 10.5 Å². The maximum absolute atomic E-state index is 12.0. The number of rotatable bonds is 3. The second-order valence-corrected chi connectivity index (χ2v) is 7.30.